The van der Waals surface area contributed by atoms with E-state index in [1.165, 1.54) is 0 Å². The summed E-state index contributed by atoms with van der Waals surface area (Å²) in [4.78, 5) is 60.1. The molecule has 15 heteroatoms. The first-order valence-corrected chi connectivity index (χ1v) is 12.7. The van der Waals surface area contributed by atoms with Gasteiger partial charge in [-0.25, -0.2) is 9.59 Å². The van der Waals surface area contributed by atoms with Gasteiger partial charge in [0.15, 0.2) is 0 Å². The van der Waals surface area contributed by atoms with Crippen molar-refractivity contribution in [1.82, 2.24) is 16.0 Å². The summed E-state index contributed by atoms with van der Waals surface area (Å²) in [6.45, 7) is 4.18. The molecule has 2 heterocycles. The number of alkyl halides is 3. The molecular weight excluding hydrogens is 557 g/mol. The predicted octanol–water partition coefficient (Wildman–Crippen LogP) is 2.99. The van der Waals surface area contributed by atoms with Gasteiger partial charge in [-0.2, -0.15) is 13.2 Å². The Morgan fingerprint density at radius 3 is 2.42 bits per heavy atom. The van der Waals surface area contributed by atoms with Crippen molar-refractivity contribution in [3.63, 3.8) is 0 Å². The molecule has 0 bridgehead atoms. The summed E-state index contributed by atoms with van der Waals surface area (Å²) in [6, 6.07) is 4.02. The number of anilines is 1. The van der Waals surface area contributed by atoms with Crippen molar-refractivity contribution >= 4 is 46.8 Å². The normalized spacial score (nSPS) is 13.5. The Morgan fingerprint density at radius 2 is 1.80 bits per heavy atom. The highest BCUT2D eigenvalue weighted by atomic mass is 32.1. The summed E-state index contributed by atoms with van der Waals surface area (Å²) in [5.74, 6) is -3.43. The molecular formula is C25H27F3N4O7S. The summed E-state index contributed by atoms with van der Waals surface area (Å²) in [7, 11) is 0.998. The number of alkyl carbamates (subject to hydrolysis) is 1. The number of nitrogens with one attached hydrogen (secondary N) is 4. The Morgan fingerprint density at radius 1 is 1.10 bits per heavy atom. The molecule has 1 unspecified atom stereocenters. The number of carbonyl (C=O) groups excluding carboxylic acids is 5. The smallest absolute Gasteiger partial charge is 0.418 e. The number of hydrogen-bond donors (Lipinski definition) is 4. The Hall–Kier alpha value is -4.14. The molecule has 40 heavy (non-hydrogen) atoms. The molecule has 0 spiro atoms. The number of ether oxygens (including phenoxy) is 2. The van der Waals surface area contributed by atoms with Gasteiger partial charge in [0.1, 0.15) is 16.5 Å². The highest BCUT2D eigenvalue weighted by molar-refractivity contribution is 7.16. The summed E-state index contributed by atoms with van der Waals surface area (Å²) in [5.41, 5.74) is -0.373. The van der Waals surface area contributed by atoms with Gasteiger partial charge >= 0.3 is 18.2 Å². The number of carbonyl (C=O) groups is 5. The van der Waals surface area contributed by atoms with E-state index >= 15 is 0 Å². The number of esters is 1. The van der Waals surface area contributed by atoms with Gasteiger partial charge in [-0.3, -0.25) is 14.4 Å². The third-order valence-electron chi connectivity index (χ3n) is 5.43. The first kappa shape index (κ1) is 30.4. The second-order valence-corrected chi connectivity index (χ2v) is 10.7. The average molecular weight is 585 g/mol. The van der Waals surface area contributed by atoms with Crippen LogP contribution in [0.1, 0.15) is 56.8 Å². The number of benzene rings is 1. The van der Waals surface area contributed by atoms with Gasteiger partial charge in [-0.05, 0) is 44.0 Å². The standard InChI is InChI=1S/C25H27F3N4O7S/c1-24(2,3)39-23(37)30-11-16(22(36)38-4)32-21(35)19-14(25(26,27)28)9-17(40-19)20(34)29-10-12-6-5-7-15-13(12)8-18(33)31-15/h5-7,9,16H,8,10-11H2,1-4H3,(H,29,34)(H,30,37)(H,31,33)(H,32,35). The zero-order chi connectivity index (χ0) is 29.8. The van der Waals surface area contributed by atoms with E-state index in [1.807, 2.05) is 0 Å². The van der Waals surface area contributed by atoms with Crippen LogP contribution in [0.3, 0.4) is 0 Å². The molecule has 4 N–H and O–H groups in total. The van der Waals surface area contributed by atoms with Gasteiger partial charge in [0.05, 0.1) is 30.5 Å². The van der Waals surface area contributed by atoms with Crippen LogP contribution < -0.4 is 21.3 Å². The molecule has 0 fully saturated rings. The molecule has 0 saturated heterocycles. The molecule has 1 atom stereocenters. The maximum absolute atomic E-state index is 13.8. The number of rotatable bonds is 8. The molecule has 1 aliphatic heterocycles. The van der Waals surface area contributed by atoms with E-state index in [0.717, 1.165) is 7.11 Å². The number of amides is 4. The van der Waals surface area contributed by atoms with Gasteiger partial charge in [0.25, 0.3) is 11.8 Å². The second-order valence-electron chi connectivity index (χ2n) is 9.63. The Kier molecular flexibility index (Phi) is 9.07. The van der Waals surface area contributed by atoms with Crippen LogP contribution in [-0.2, 0) is 38.2 Å². The predicted molar refractivity (Wildman–Crippen MR) is 137 cm³/mol. The van der Waals surface area contributed by atoms with Crippen LogP contribution in [0.15, 0.2) is 24.3 Å². The fourth-order valence-electron chi connectivity index (χ4n) is 3.68. The van der Waals surface area contributed by atoms with Crippen LogP contribution in [0.5, 0.6) is 0 Å². The molecule has 0 saturated carbocycles. The van der Waals surface area contributed by atoms with Crippen molar-refractivity contribution < 1.29 is 46.6 Å². The largest absolute Gasteiger partial charge is 0.467 e. The SMILES string of the molecule is COC(=O)C(CNC(=O)OC(C)(C)C)NC(=O)c1sc(C(=O)NCc2cccc3c2CC(=O)N3)cc1C(F)(F)F. The number of halogens is 3. The maximum atomic E-state index is 13.8. The minimum absolute atomic E-state index is 0.0709. The van der Waals surface area contributed by atoms with Crippen LogP contribution in [-0.4, -0.2) is 55.1 Å². The minimum atomic E-state index is -5.00. The lowest BCUT2D eigenvalue weighted by molar-refractivity contribution is -0.142. The van der Waals surface area contributed by atoms with Crippen LogP contribution in [0.25, 0.3) is 0 Å². The zero-order valence-electron chi connectivity index (χ0n) is 21.9. The number of methoxy groups -OCH3 is 1. The molecule has 0 radical (unpaired) electrons. The van der Waals surface area contributed by atoms with E-state index in [-0.39, 0.29) is 30.2 Å². The first-order chi connectivity index (χ1) is 18.6. The van der Waals surface area contributed by atoms with E-state index in [4.69, 9.17) is 4.74 Å². The summed E-state index contributed by atoms with van der Waals surface area (Å²) < 4.78 is 51.0. The topological polar surface area (TPSA) is 152 Å². The quantitative estimate of drug-likeness (QED) is 0.348. The molecule has 11 nitrogen and oxygen atoms in total. The Labute approximate surface area is 230 Å². The molecule has 0 aliphatic carbocycles. The maximum Gasteiger partial charge on any atom is 0.418 e. The third-order valence-corrected chi connectivity index (χ3v) is 6.56. The molecule has 2 aromatic rings. The molecule has 1 aromatic carbocycles. The Balaban J connectivity index is 1.76. The molecule has 216 valence electrons. The van der Waals surface area contributed by atoms with E-state index in [0.29, 0.717) is 22.9 Å². The molecule has 3 rings (SSSR count). The van der Waals surface area contributed by atoms with Crippen LogP contribution >= 0.6 is 11.3 Å². The van der Waals surface area contributed by atoms with E-state index in [1.54, 1.807) is 39.0 Å². The first-order valence-electron chi connectivity index (χ1n) is 11.8. The highest BCUT2D eigenvalue weighted by Gasteiger charge is 2.39. The van der Waals surface area contributed by atoms with Crippen molar-refractivity contribution in [2.45, 2.75) is 51.6 Å². The van der Waals surface area contributed by atoms with E-state index < -0.39 is 63.6 Å². The lowest BCUT2D eigenvalue weighted by Crippen LogP contribution is -2.49. The van der Waals surface area contributed by atoms with Gasteiger partial charge in [-0.1, -0.05) is 12.1 Å². The van der Waals surface area contributed by atoms with Crippen molar-refractivity contribution in [3.8, 4) is 0 Å². The van der Waals surface area contributed by atoms with Crippen molar-refractivity contribution in [3.05, 3.63) is 50.7 Å². The lowest BCUT2D eigenvalue weighted by atomic mass is 10.0. The number of hydrogen-bond acceptors (Lipinski definition) is 8. The molecule has 1 aromatic heterocycles. The van der Waals surface area contributed by atoms with Crippen LogP contribution in [0.4, 0.5) is 23.7 Å². The van der Waals surface area contributed by atoms with E-state index in [2.05, 4.69) is 26.0 Å². The average Bonchev–Trinajstić information content (AvgIpc) is 3.47. The zero-order valence-corrected chi connectivity index (χ0v) is 22.7. The number of thiophene rings is 1. The second kappa shape index (κ2) is 11.9. The Bertz CT molecular complexity index is 1330. The van der Waals surface area contributed by atoms with Crippen LogP contribution in [0, 0.1) is 0 Å². The summed E-state index contributed by atoms with van der Waals surface area (Å²) >= 11 is 0.282. The van der Waals surface area contributed by atoms with Gasteiger partial charge in [0, 0.05) is 12.2 Å². The minimum Gasteiger partial charge on any atom is -0.467 e. The van der Waals surface area contributed by atoms with Gasteiger partial charge < -0.3 is 30.7 Å². The molecule has 1 aliphatic rings. The van der Waals surface area contributed by atoms with Crippen molar-refractivity contribution in [2.24, 2.45) is 0 Å². The fraction of sp³-hybridized carbons (Fsp3) is 0.400. The monoisotopic (exact) mass is 584 g/mol. The number of fused-ring (bicyclic) bond motifs is 1. The van der Waals surface area contributed by atoms with Gasteiger partial charge in [-0.15, -0.1) is 11.3 Å². The van der Waals surface area contributed by atoms with Crippen molar-refractivity contribution in [2.75, 3.05) is 19.0 Å². The third kappa shape index (κ3) is 7.71. The highest BCUT2D eigenvalue weighted by Crippen LogP contribution is 2.37. The summed E-state index contributed by atoms with van der Waals surface area (Å²) in [5, 5.41) is 9.54. The van der Waals surface area contributed by atoms with Crippen LogP contribution in [0.2, 0.25) is 0 Å². The van der Waals surface area contributed by atoms with E-state index in [9.17, 15) is 37.1 Å². The summed E-state index contributed by atoms with van der Waals surface area (Å²) in [6.07, 6.45) is -5.82. The van der Waals surface area contributed by atoms with Gasteiger partial charge in [0.2, 0.25) is 5.91 Å². The molecule has 4 amide bonds. The fourth-order valence-corrected chi connectivity index (χ4v) is 4.68. The van der Waals surface area contributed by atoms with Crippen molar-refractivity contribution in [1.29, 1.82) is 0 Å². The lowest BCUT2D eigenvalue weighted by Gasteiger charge is -2.21.